The Morgan fingerprint density at radius 1 is 0.708 bits per heavy atom. The number of hydrogen-bond acceptors (Lipinski definition) is 2. The van der Waals surface area contributed by atoms with E-state index in [9.17, 15) is 4.79 Å². The van der Waals surface area contributed by atoms with Gasteiger partial charge in [-0.3, -0.25) is 4.79 Å². The van der Waals surface area contributed by atoms with Crippen molar-refractivity contribution >= 4 is 23.2 Å². The van der Waals surface area contributed by atoms with E-state index in [1.807, 2.05) is 6.92 Å². The van der Waals surface area contributed by atoms with Crippen molar-refractivity contribution < 1.29 is 4.79 Å². The molecule has 0 atom stereocenters. The molecule has 3 nitrogen and oxygen atoms in total. The summed E-state index contributed by atoms with van der Waals surface area (Å²) in [5.74, 6) is -0.0199. The van der Waals surface area contributed by atoms with Crippen LogP contribution in [0.3, 0.4) is 0 Å². The van der Waals surface area contributed by atoms with Crippen molar-refractivity contribution in [3.05, 3.63) is 0 Å². The first-order chi connectivity index (χ1) is 11.7. The molecule has 0 rings (SSSR count). The first-order valence-electron chi connectivity index (χ1n) is 10.3. The van der Waals surface area contributed by atoms with Crippen molar-refractivity contribution in [3.8, 4) is 0 Å². The molecule has 0 radical (unpaired) electrons. The van der Waals surface area contributed by atoms with E-state index in [0.717, 1.165) is 13.0 Å². The molecule has 0 aliphatic rings. The molecular formula is C20H40N2OS. The zero-order valence-corrected chi connectivity index (χ0v) is 16.9. The Balaban J connectivity index is 3.12. The molecule has 0 aliphatic carbocycles. The van der Waals surface area contributed by atoms with Gasteiger partial charge in [0.25, 0.3) is 0 Å². The quantitative estimate of drug-likeness (QED) is 0.268. The van der Waals surface area contributed by atoms with Crippen LogP contribution in [0, 0.1) is 0 Å². The van der Waals surface area contributed by atoms with Gasteiger partial charge in [0.1, 0.15) is 0 Å². The van der Waals surface area contributed by atoms with E-state index in [1.165, 1.54) is 83.5 Å². The van der Waals surface area contributed by atoms with Crippen LogP contribution in [0.1, 0.15) is 110 Å². The van der Waals surface area contributed by atoms with Gasteiger partial charge in [-0.25, -0.2) is 0 Å². The van der Waals surface area contributed by atoms with E-state index in [1.54, 1.807) is 0 Å². The van der Waals surface area contributed by atoms with Gasteiger partial charge in [-0.2, -0.15) is 0 Å². The van der Waals surface area contributed by atoms with Crippen LogP contribution in [-0.4, -0.2) is 17.6 Å². The number of nitrogens with one attached hydrogen (secondary N) is 2. The Kier molecular flexibility index (Phi) is 18.2. The third-order valence-electron chi connectivity index (χ3n) is 4.39. The summed E-state index contributed by atoms with van der Waals surface area (Å²) < 4.78 is 0. The highest BCUT2D eigenvalue weighted by molar-refractivity contribution is 7.80. The lowest BCUT2D eigenvalue weighted by atomic mass is 10.0. The van der Waals surface area contributed by atoms with E-state index in [-0.39, 0.29) is 5.91 Å². The van der Waals surface area contributed by atoms with E-state index < -0.39 is 0 Å². The molecule has 0 aliphatic heterocycles. The third-order valence-corrected chi connectivity index (χ3v) is 4.64. The Labute approximate surface area is 155 Å². The summed E-state index contributed by atoms with van der Waals surface area (Å²) in [6.07, 6.45) is 19.6. The topological polar surface area (TPSA) is 41.1 Å². The highest BCUT2D eigenvalue weighted by Gasteiger charge is 2.00. The van der Waals surface area contributed by atoms with Crippen LogP contribution in [-0.2, 0) is 4.79 Å². The maximum absolute atomic E-state index is 11.1. The van der Waals surface area contributed by atoms with Crippen LogP contribution >= 0.6 is 12.2 Å². The SMILES string of the molecule is CCCCCCCCCCCCCCCCNC(=S)NC(=O)CC. The fraction of sp³-hybridized carbons (Fsp3) is 0.900. The van der Waals surface area contributed by atoms with Gasteiger partial charge in [-0.15, -0.1) is 0 Å². The van der Waals surface area contributed by atoms with Gasteiger partial charge < -0.3 is 10.6 Å². The lowest BCUT2D eigenvalue weighted by Gasteiger charge is -2.08. The highest BCUT2D eigenvalue weighted by atomic mass is 32.1. The third kappa shape index (κ3) is 17.7. The smallest absolute Gasteiger partial charge is 0.225 e. The minimum Gasteiger partial charge on any atom is -0.362 e. The summed E-state index contributed by atoms with van der Waals surface area (Å²) in [7, 11) is 0. The molecule has 0 spiro atoms. The van der Waals surface area contributed by atoms with Crippen molar-refractivity contribution in [1.29, 1.82) is 0 Å². The number of hydrogen-bond donors (Lipinski definition) is 2. The highest BCUT2D eigenvalue weighted by Crippen LogP contribution is 2.12. The molecule has 0 aromatic carbocycles. The Morgan fingerprint density at radius 3 is 1.54 bits per heavy atom. The Hall–Kier alpha value is -0.640. The molecule has 0 saturated heterocycles. The Bertz CT molecular complexity index is 308. The fourth-order valence-corrected chi connectivity index (χ4v) is 3.00. The van der Waals surface area contributed by atoms with Crippen LogP contribution < -0.4 is 10.6 Å². The fourth-order valence-electron chi connectivity index (χ4n) is 2.78. The van der Waals surface area contributed by atoms with Crippen LogP contribution in [0.2, 0.25) is 0 Å². The molecule has 0 unspecified atom stereocenters. The molecule has 0 bridgehead atoms. The van der Waals surface area contributed by atoms with Gasteiger partial charge in [-0.05, 0) is 18.6 Å². The van der Waals surface area contributed by atoms with Gasteiger partial charge in [0.2, 0.25) is 5.91 Å². The normalized spacial score (nSPS) is 10.6. The predicted molar refractivity (Wildman–Crippen MR) is 109 cm³/mol. The molecule has 0 heterocycles. The van der Waals surface area contributed by atoms with Crippen molar-refractivity contribution in [1.82, 2.24) is 10.6 Å². The van der Waals surface area contributed by atoms with Crippen LogP contribution in [0.4, 0.5) is 0 Å². The van der Waals surface area contributed by atoms with E-state index in [0.29, 0.717) is 11.5 Å². The number of carbonyl (C=O) groups excluding carboxylic acids is 1. The molecule has 1 amide bonds. The zero-order valence-electron chi connectivity index (χ0n) is 16.1. The standard InChI is InChI=1S/C20H40N2OS/c1-3-5-6-7-8-9-10-11-12-13-14-15-16-17-18-21-20(24)22-19(23)4-2/h3-18H2,1-2H3,(H2,21,22,23,24). The number of carbonyl (C=O) groups is 1. The molecule has 2 N–H and O–H groups in total. The van der Waals surface area contributed by atoms with Gasteiger partial charge in [0, 0.05) is 13.0 Å². The van der Waals surface area contributed by atoms with E-state index in [4.69, 9.17) is 12.2 Å². The molecule has 4 heteroatoms. The second kappa shape index (κ2) is 18.7. The summed E-state index contributed by atoms with van der Waals surface area (Å²) in [6.45, 7) is 4.96. The molecule has 24 heavy (non-hydrogen) atoms. The summed E-state index contributed by atoms with van der Waals surface area (Å²) in [5.41, 5.74) is 0. The second-order valence-corrected chi connectivity index (χ2v) is 7.16. The van der Waals surface area contributed by atoms with Crippen LogP contribution in [0.25, 0.3) is 0 Å². The summed E-state index contributed by atoms with van der Waals surface area (Å²) in [5, 5.41) is 6.22. The van der Waals surface area contributed by atoms with Gasteiger partial charge in [-0.1, -0.05) is 97.3 Å². The molecule has 0 saturated carbocycles. The summed E-state index contributed by atoms with van der Waals surface area (Å²) in [4.78, 5) is 11.1. The summed E-state index contributed by atoms with van der Waals surface area (Å²) in [6, 6.07) is 0. The number of thiocarbonyl (C=S) groups is 1. The number of amides is 1. The number of rotatable bonds is 16. The van der Waals surface area contributed by atoms with E-state index >= 15 is 0 Å². The van der Waals surface area contributed by atoms with Gasteiger partial charge in [0.15, 0.2) is 5.11 Å². The van der Waals surface area contributed by atoms with Crippen molar-refractivity contribution in [2.45, 2.75) is 110 Å². The molecule has 0 fully saturated rings. The van der Waals surface area contributed by atoms with E-state index in [2.05, 4.69) is 17.6 Å². The maximum atomic E-state index is 11.1. The molecular weight excluding hydrogens is 316 g/mol. The van der Waals surface area contributed by atoms with Gasteiger partial charge in [0.05, 0.1) is 0 Å². The summed E-state index contributed by atoms with van der Waals surface area (Å²) >= 11 is 5.05. The van der Waals surface area contributed by atoms with Crippen LogP contribution in [0.15, 0.2) is 0 Å². The first-order valence-corrected chi connectivity index (χ1v) is 10.7. The monoisotopic (exact) mass is 356 g/mol. The second-order valence-electron chi connectivity index (χ2n) is 6.75. The van der Waals surface area contributed by atoms with Crippen molar-refractivity contribution in [2.24, 2.45) is 0 Å². The molecule has 0 aromatic heterocycles. The lowest BCUT2D eigenvalue weighted by molar-refractivity contribution is -0.119. The lowest BCUT2D eigenvalue weighted by Crippen LogP contribution is -2.39. The van der Waals surface area contributed by atoms with Crippen molar-refractivity contribution in [3.63, 3.8) is 0 Å². The van der Waals surface area contributed by atoms with Crippen molar-refractivity contribution in [2.75, 3.05) is 6.54 Å². The average molecular weight is 357 g/mol. The molecule has 142 valence electrons. The average Bonchev–Trinajstić information content (AvgIpc) is 2.58. The minimum absolute atomic E-state index is 0.0199. The largest absolute Gasteiger partial charge is 0.362 e. The zero-order chi connectivity index (χ0) is 17.9. The van der Waals surface area contributed by atoms with Crippen LogP contribution in [0.5, 0.6) is 0 Å². The first kappa shape index (κ1) is 23.4. The minimum atomic E-state index is -0.0199. The number of unbranched alkanes of at least 4 members (excludes halogenated alkanes) is 13. The molecule has 0 aromatic rings. The van der Waals surface area contributed by atoms with Gasteiger partial charge >= 0.3 is 0 Å². The Morgan fingerprint density at radius 2 is 1.12 bits per heavy atom. The predicted octanol–water partition coefficient (Wildman–Crippen LogP) is 5.87. The maximum Gasteiger partial charge on any atom is 0.225 e.